The second kappa shape index (κ2) is 8.91. The number of thioether (sulfide) groups is 1. The maximum absolute atomic E-state index is 11.7. The highest BCUT2D eigenvalue weighted by molar-refractivity contribution is 9.10. The molecule has 150 valence electrons. The van der Waals surface area contributed by atoms with Crippen LogP contribution in [0, 0.1) is 0 Å². The smallest absolute Gasteiger partial charge is 0.342 e. The van der Waals surface area contributed by atoms with E-state index in [0.717, 1.165) is 27.4 Å². The molecule has 4 aromatic rings. The van der Waals surface area contributed by atoms with Crippen LogP contribution in [-0.2, 0) is 4.79 Å². The Labute approximate surface area is 189 Å². The van der Waals surface area contributed by atoms with Gasteiger partial charge in [-0.3, -0.25) is 5.10 Å². The summed E-state index contributed by atoms with van der Waals surface area (Å²) in [4.78, 5) is 16.1. The van der Waals surface area contributed by atoms with Gasteiger partial charge in [0.15, 0.2) is 5.82 Å². The summed E-state index contributed by atoms with van der Waals surface area (Å²) in [5.74, 6) is 0.482. The third kappa shape index (κ3) is 4.84. The van der Waals surface area contributed by atoms with Crippen LogP contribution >= 0.6 is 39.3 Å². The first-order chi connectivity index (χ1) is 14.5. The van der Waals surface area contributed by atoms with Crippen molar-refractivity contribution < 1.29 is 14.3 Å². The molecule has 4 rings (SSSR count). The van der Waals surface area contributed by atoms with Gasteiger partial charge in [-0.1, -0.05) is 39.7 Å². The number of aromatic amines is 1. The number of halogens is 2. The molecule has 0 atom stereocenters. The van der Waals surface area contributed by atoms with Crippen LogP contribution in [0.2, 0.25) is 5.02 Å². The van der Waals surface area contributed by atoms with Gasteiger partial charge in [0.25, 0.3) is 0 Å². The van der Waals surface area contributed by atoms with Crippen LogP contribution in [0.25, 0.3) is 28.8 Å². The van der Waals surface area contributed by atoms with Crippen LogP contribution in [0.4, 0.5) is 0 Å². The molecule has 2 N–H and O–H groups in total. The molecule has 0 aliphatic rings. The van der Waals surface area contributed by atoms with Crippen LogP contribution < -0.4 is 0 Å². The highest BCUT2D eigenvalue weighted by atomic mass is 79.9. The fourth-order valence-electron chi connectivity index (χ4n) is 2.62. The van der Waals surface area contributed by atoms with Crippen molar-refractivity contribution in [2.24, 2.45) is 0 Å². The summed E-state index contributed by atoms with van der Waals surface area (Å²) >= 11 is 10.3. The van der Waals surface area contributed by atoms with Gasteiger partial charge in [-0.2, -0.15) is 0 Å². The molecule has 0 spiro atoms. The summed E-state index contributed by atoms with van der Waals surface area (Å²) in [7, 11) is 0. The molecule has 9 heteroatoms. The molecular weight excluding hydrogens is 490 g/mol. The number of hydrogen-bond acceptors (Lipinski definition) is 5. The number of H-pyrrole nitrogens is 1. The van der Waals surface area contributed by atoms with E-state index in [1.807, 2.05) is 24.3 Å². The second-order valence-corrected chi connectivity index (χ2v) is 8.46. The molecule has 2 aromatic heterocycles. The zero-order chi connectivity index (χ0) is 21.1. The molecule has 0 saturated heterocycles. The fourth-order valence-corrected chi connectivity index (χ4v) is 3.83. The minimum atomic E-state index is -1.10. The molecule has 0 aliphatic carbocycles. The van der Waals surface area contributed by atoms with Gasteiger partial charge in [-0.05, 0) is 60.3 Å². The lowest BCUT2D eigenvalue weighted by molar-refractivity contribution is -0.131. The first-order valence-corrected chi connectivity index (χ1v) is 10.6. The van der Waals surface area contributed by atoms with Crippen LogP contribution in [0.3, 0.4) is 0 Å². The lowest BCUT2D eigenvalue weighted by atomic mass is 10.2. The van der Waals surface area contributed by atoms with Gasteiger partial charge in [-0.25, -0.2) is 9.78 Å². The largest absolute Gasteiger partial charge is 0.477 e. The number of furan rings is 1. The molecule has 6 nitrogen and oxygen atoms in total. The average Bonchev–Trinajstić information content (AvgIpc) is 3.38. The van der Waals surface area contributed by atoms with Crippen LogP contribution in [-0.4, -0.2) is 26.3 Å². The number of nitrogens with zero attached hydrogens (tertiary/aromatic N) is 2. The number of carboxylic acid groups (broad SMARTS) is 1. The third-order valence-corrected chi connectivity index (χ3v) is 5.63. The second-order valence-electron chi connectivity index (χ2n) is 6.10. The van der Waals surface area contributed by atoms with E-state index < -0.39 is 5.97 Å². The van der Waals surface area contributed by atoms with E-state index >= 15 is 0 Å². The molecule has 2 aromatic carbocycles. The number of rotatable bonds is 6. The molecule has 0 radical (unpaired) electrons. The highest BCUT2D eigenvalue weighted by Crippen LogP contribution is 2.30. The van der Waals surface area contributed by atoms with Crippen molar-refractivity contribution in [2.45, 2.75) is 5.16 Å². The van der Waals surface area contributed by atoms with Crippen LogP contribution in [0.15, 0.2) is 79.6 Å². The summed E-state index contributed by atoms with van der Waals surface area (Å²) in [5.41, 5.74) is 1.68. The van der Waals surface area contributed by atoms with E-state index in [2.05, 4.69) is 31.1 Å². The molecule has 0 amide bonds. The normalized spacial score (nSPS) is 11.6. The number of benzene rings is 2. The van der Waals surface area contributed by atoms with Crippen molar-refractivity contribution in [3.8, 4) is 22.7 Å². The standard InChI is InChI=1S/C21H13BrClN3O3S/c22-14-3-1-2-13(10-14)17-9-8-16(29-17)11-18(20(27)28)30-21-24-19(25-26-21)12-4-6-15(23)7-5-12/h1-11H,(H,27,28)(H,24,25,26)/b18-11-. The van der Waals surface area contributed by atoms with Crippen molar-refractivity contribution >= 4 is 51.3 Å². The van der Waals surface area contributed by atoms with Gasteiger partial charge in [0.1, 0.15) is 16.4 Å². The predicted octanol–water partition coefficient (Wildman–Crippen LogP) is 6.37. The Morgan fingerprint density at radius 2 is 1.93 bits per heavy atom. The number of aromatic nitrogens is 3. The van der Waals surface area contributed by atoms with Crippen molar-refractivity contribution in [2.75, 3.05) is 0 Å². The monoisotopic (exact) mass is 501 g/mol. The van der Waals surface area contributed by atoms with Crippen molar-refractivity contribution in [1.29, 1.82) is 0 Å². The Morgan fingerprint density at radius 1 is 1.13 bits per heavy atom. The number of hydrogen-bond donors (Lipinski definition) is 2. The van der Waals surface area contributed by atoms with Crippen molar-refractivity contribution in [3.05, 3.63) is 80.8 Å². The van der Waals surface area contributed by atoms with Crippen LogP contribution in [0.5, 0.6) is 0 Å². The summed E-state index contributed by atoms with van der Waals surface area (Å²) in [6.07, 6.45) is 1.45. The SMILES string of the molecule is O=C(O)/C(=C/c1ccc(-c2cccc(Br)c2)o1)Sc1n[nH]c(-c2ccc(Cl)cc2)n1. The maximum atomic E-state index is 11.7. The first kappa shape index (κ1) is 20.5. The minimum Gasteiger partial charge on any atom is -0.477 e. The van der Waals surface area contributed by atoms with Gasteiger partial charge in [0.05, 0.1) is 0 Å². The molecule has 0 bridgehead atoms. The number of aliphatic carboxylic acids is 1. The fraction of sp³-hybridized carbons (Fsp3) is 0. The van der Waals surface area contributed by atoms with Crippen molar-refractivity contribution in [1.82, 2.24) is 15.2 Å². The molecule has 0 unspecified atom stereocenters. The zero-order valence-electron chi connectivity index (χ0n) is 15.2. The average molecular weight is 503 g/mol. The molecule has 0 aliphatic heterocycles. The first-order valence-electron chi connectivity index (χ1n) is 8.65. The quantitative estimate of drug-likeness (QED) is 0.235. The van der Waals surface area contributed by atoms with Gasteiger partial charge >= 0.3 is 5.97 Å². The molecule has 30 heavy (non-hydrogen) atoms. The Balaban J connectivity index is 1.56. The number of carbonyl (C=O) groups is 1. The molecule has 0 fully saturated rings. The van der Waals surface area contributed by atoms with E-state index in [0.29, 0.717) is 22.4 Å². The Morgan fingerprint density at radius 3 is 2.67 bits per heavy atom. The number of carboxylic acids is 1. The molecule has 2 heterocycles. The summed E-state index contributed by atoms with van der Waals surface area (Å²) in [6, 6.07) is 18.3. The van der Waals surface area contributed by atoms with Gasteiger partial charge in [0.2, 0.25) is 5.16 Å². The van der Waals surface area contributed by atoms with E-state index in [-0.39, 0.29) is 10.1 Å². The molecule has 0 saturated carbocycles. The Bertz CT molecular complexity index is 1230. The Kier molecular flexibility index (Phi) is 6.08. The van der Waals surface area contributed by atoms with E-state index in [4.69, 9.17) is 16.0 Å². The van der Waals surface area contributed by atoms with Crippen molar-refractivity contribution in [3.63, 3.8) is 0 Å². The van der Waals surface area contributed by atoms with Gasteiger partial charge in [0, 0.05) is 26.7 Å². The zero-order valence-corrected chi connectivity index (χ0v) is 18.3. The summed E-state index contributed by atoms with van der Waals surface area (Å²) in [5, 5.41) is 17.4. The van der Waals surface area contributed by atoms with E-state index in [1.165, 1.54) is 6.08 Å². The van der Waals surface area contributed by atoms with Gasteiger partial charge in [-0.15, -0.1) is 5.10 Å². The van der Waals surface area contributed by atoms with E-state index in [1.54, 1.807) is 36.4 Å². The number of nitrogens with one attached hydrogen (secondary N) is 1. The van der Waals surface area contributed by atoms with E-state index in [9.17, 15) is 9.90 Å². The summed E-state index contributed by atoms with van der Waals surface area (Å²) < 4.78 is 6.72. The van der Waals surface area contributed by atoms with Gasteiger partial charge < -0.3 is 9.52 Å². The maximum Gasteiger partial charge on any atom is 0.342 e. The lowest BCUT2D eigenvalue weighted by Crippen LogP contribution is -1.97. The predicted molar refractivity (Wildman–Crippen MR) is 120 cm³/mol. The topological polar surface area (TPSA) is 92.0 Å². The Hall–Kier alpha value is -2.81. The minimum absolute atomic E-state index is 0.0341. The lowest BCUT2D eigenvalue weighted by Gasteiger charge is -1.99. The molecular formula is C21H13BrClN3O3S. The third-order valence-electron chi connectivity index (χ3n) is 4.00. The highest BCUT2D eigenvalue weighted by Gasteiger charge is 2.15. The summed E-state index contributed by atoms with van der Waals surface area (Å²) in [6.45, 7) is 0. The van der Waals surface area contributed by atoms with Crippen LogP contribution in [0.1, 0.15) is 5.76 Å².